The van der Waals surface area contributed by atoms with Crippen molar-refractivity contribution < 1.29 is 47.6 Å². The maximum absolute atomic E-state index is 11.4. The molecule has 0 unspecified atom stereocenters. The van der Waals surface area contributed by atoms with Crippen molar-refractivity contribution in [2.45, 2.75) is 11.8 Å². The van der Waals surface area contributed by atoms with Gasteiger partial charge in [-0.15, -0.1) is 10.2 Å². The third kappa shape index (κ3) is 4.08. The summed E-state index contributed by atoms with van der Waals surface area (Å²) in [6, 6.07) is 14.8. The van der Waals surface area contributed by atoms with E-state index in [1.807, 2.05) is 12.1 Å². The molecular weight excluding hydrogens is 351 g/mol. The predicted molar refractivity (Wildman–Crippen MR) is 88.9 cm³/mol. The van der Waals surface area contributed by atoms with Crippen molar-refractivity contribution in [2.75, 3.05) is 0 Å². The second-order valence-corrected chi connectivity index (χ2v) is 6.58. The summed E-state index contributed by atoms with van der Waals surface area (Å²) in [6.45, 7) is 1.63. The molecule has 3 aromatic carbocycles. The van der Waals surface area contributed by atoms with Gasteiger partial charge in [0.2, 0.25) is 0 Å². The van der Waals surface area contributed by atoms with Gasteiger partial charge in [0.05, 0.1) is 4.90 Å². The van der Waals surface area contributed by atoms with Gasteiger partial charge in [0.15, 0.2) is 0 Å². The zero-order chi connectivity index (χ0) is 17.3. The van der Waals surface area contributed by atoms with Crippen molar-refractivity contribution in [3.63, 3.8) is 0 Å². The number of aryl methyl sites for hydroxylation is 1. The number of benzene rings is 3. The molecule has 0 aromatic heterocycles. The van der Waals surface area contributed by atoms with Crippen LogP contribution in [-0.4, -0.2) is 18.1 Å². The Morgan fingerprint density at radius 2 is 1.60 bits per heavy atom. The molecule has 0 saturated carbocycles. The molecule has 25 heavy (non-hydrogen) atoms. The van der Waals surface area contributed by atoms with Gasteiger partial charge in [-0.2, -0.15) is 0 Å². The average Bonchev–Trinajstić information content (AvgIpc) is 2.54. The van der Waals surface area contributed by atoms with Crippen LogP contribution in [0.3, 0.4) is 0 Å². The van der Waals surface area contributed by atoms with Crippen LogP contribution < -0.4 is 29.6 Å². The van der Waals surface area contributed by atoms with Crippen LogP contribution in [0.25, 0.3) is 10.8 Å². The van der Waals surface area contributed by atoms with Crippen LogP contribution >= 0.6 is 0 Å². The normalized spacial score (nSPS) is 11.6. The zero-order valence-electron chi connectivity index (χ0n) is 13.7. The predicted octanol–water partition coefficient (Wildman–Crippen LogP) is 1.18. The SMILES string of the molecule is Cc1cccc(S(=O)(=O)[O-])c1N=Nc1c(O)ccc2ccccc12.[Na+]. The summed E-state index contributed by atoms with van der Waals surface area (Å²) >= 11 is 0. The van der Waals surface area contributed by atoms with Crippen LogP contribution in [-0.2, 0) is 10.1 Å². The van der Waals surface area contributed by atoms with Crippen molar-refractivity contribution in [3.8, 4) is 5.75 Å². The minimum absolute atomic E-state index is 0. The van der Waals surface area contributed by atoms with E-state index in [1.54, 1.807) is 31.2 Å². The summed E-state index contributed by atoms with van der Waals surface area (Å²) in [7, 11) is -4.68. The number of aromatic hydroxyl groups is 1. The number of azo groups is 1. The summed E-state index contributed by atoms with van der Waals surface area (Å²) < 4.78 is 34.2. The molecule has 6 nitrogen and oxygen atoms in total. The molecule has 0 radical (unpaired) electrons. The largest absolute Gasteiger partial charge is 1.00 e. The zero-order valence-corrected chi connectivity index (χ0v) is 16.5. The van der Waals surface area contributed by atoms with Gasteiger partial charge in [-0.3, -0.25) is 0 Å². The van der Waals surface area contributed by atoms with E-state index in [0.29, 0.717) is 10.9 Å². The minimum atomic E-state index is -4.68. The first-order valence-electron chi connectivity index (χ1n) is 7.06. The molecule has 0 aliphatic rings. The van der Waals surface area contributed by atoms with Gasteiger partial charge >= 0.3 is 29.6 Å². The smallest absolute Gasteiger partial charge is 0.744 e. The Morgan fingerprint density at radius 1 is 0.920 bits per heavy atom. The molecule has 3 aromatic rings. The first-order chi connectivity index (χ1) is 11.4. The molecule has 0 amide bonds. The molecule has 0 atom stereocenters. The third-order valence-corrected chi connectivity index (χ3v) is 4.47. The van der Waals surface area contributed by atoms with Crippen LogP contribution in [0.4, 0.5) is 11.4 Å². The van der Waals surface area contributed by atoms with E-state index >= 15 is 0 Å². The summed E-state index contributed by atoms with van der Waals surface area (Å²) in [5.41, 5.74) is 0.681. The van der Waals surface area contributed by atoms with E-state index < -0.39 is 15.0 Å². The molecule has 1 N–H and O–H groups in total. The van der Waals surface area contributed by atoms with Gasteiger partial charge < -0.3 is 9.66 Å². The minimum Gasteiger partial charge on any atom is -0.744 e. The Hall–Kier alpha value is -1.77. The average molecular weight is 364 g/mol. The molecular formula is C17H13N2NaO4S. The van der Waals surface area contributed by atoms with E-state index in [-0.39, 0.29) is 46.7 Å². The standard InChI is InChI=1S/C17H14N2O4S.Na/c1-11-5-4-8-15(24(21,22)23)16(11)18-19-17-13-7-3-2-6-12(13)9-10-14(17)20;/h2-10,20H,1H3,(H,21,22,23);/q;+1/p-1. The van der Waals surface area contributed by atoms with Crippen molar-refractivity contribution in [3.05, 3.63) is 60.2 Å². The molecule has 0 fully saturated rings. The Balaban J connectivity index is 0.00000225. The molecule has 3 rings (SSSR count). The molecule has 0 aliphatic carbocycles. The molecule has 0 bridgehead atoms. The van der Waals surface area contributed by atoms with E-state index in [9.17, 15) is 18.1 Å². The van der Waals surface area contributed by atoms with Crippen LogP contribution in [0.1, 0.15) is 5.56 Å². The fraction of sp³-hybridized carbons (Fsp3) is 0.0588. The van der Waals surface area contributed by atoms with E-state index in [4.69, 9.17) is 0 Å². The maximum atomic E-state index is 11.4. The molecule has 8 heteroatoms. The van der Waals surface area contributed by atoms with Crippen molar-refractivity contribution >= 4 is 32.3 Å². The topological polar surface area (TPSA) is 102 Å². The van der Waals surface area contributed by atoms with Gasteiger partial charge in [0.25, 0.3) is 0 Å². The molecule has 0 heterocycles. The van der Waals surface area contributed by atoms with Gasteiger partial charge in [0.1, 0.15) is 27.2 Å². The Kier molecular flexibility index (Phi) is 5.97. The van der Waals surface area contributed by atoms with Crippen molar-refractivity contribution in [1.82, 2.24) is 0 Å². The van der Waals surface area contributed by atoms with Gasteiger partial charge in [-0.05, 0) is 30.0 Å². The first kappa shape index (κ1) is 19.6. The monoisotopic (exact) mass is 364 g/mol. The van der Waals surface area contributed by atoms with Crippen molar-refractivity contribution in [1.29, 1.82) is 0 Å². The fourth-order valence-electron chi connectivity index (χ4n) is 2.41. The Labute approximate surface area is 167 Å². The Morgan fingerprint density at radius 3 is 2.32 bits per heavy atom. The van der Waals surface area contributed by atoms with E-state index in [0.717, 1.165) is 5.39 Å². The van der Waals surface area contributed by atoms with E-state index in [1.165, 1.54) is 18.2 Å². The van der Waals surface area contributed by atoms with E-state index in [2.05, 4.69) is 10.2 Å². The van der Waals surface area contributed by atoms with Gasteiger partial charge in [-0.1, -0.05) is 42.5 Å². The van der Waals surface area contributed by atoms with Crippen LogP contribution in [0.15, 0.2) is 69.7 Å². The van der Waals surface area contributed by atoms with Crippen LogP contribution in [0, 0.1) is 6.92 Å². The van der Waals surface area contributed by atoms with Crippen LogP contribution in [0.2, 0.25) is 0 Å². The maximum Gasteiger partial charge on any atom is 1.00 e. The number of hydrogen-bond acceptors (Lipinski definition) is 6. The Bertz CT molecular complexity index is 1070. The second-order valence-electron chi connectivity index (χ2n) is 5.23. The number of nitrogens with zero attached hydrogens (tertiary/aromatic N) is 2. The third-order valence-electron chi connectivity index (χ3n) is 3.60. The fourth-order valence-corrected chi connectivity index (χ4v) is 3.09. The summed E-state index contributed by atoms with van der Waals surface area (Å²) in [5, 5.41) is 19.5. The number of fused-ring (bicyclic) bond motifs is 1. The number of phenolic OH excluding ortho intramolecular Hbond substituents is 1. The molecule has 0 aliphatic heterocycles. The summed E-state index contributed by atoms with van der Waals surface area (Å²) in [4.78, 5) is -0.439. The number of rotatable bonds is 3. The second kappa shape index (κ2) is 7.63. The summed E-state index contributed by atoms with van der Waals surface area (Å²) in [6.07, 6.45) is 0. The van der Waals surface area contributed by atoms with Crippen LogP contribution in [0.5, 0.6) is 5.75 Å². The molecule has 0 spiro atoms. The van der Waals surface area contributed by atoms with Gasteiger partial charge in [-0.25, -0.2) is 8.42 Å². The molecule has 0 saturated heterocycles. The first-order valence-corrected chi connectivity index (χ1v) is 8.47. The number of phenols is 1. The van der Waals surface area contributed by atoms with Crippen molar-refractivity contribution in [2.24, 2.45) is 10.2 Å². The summed E-state index contributed by atoms with van der Waals surface area (Å²) in [5.74, 6) is -0.0856. The number of hydrogen-bond donors (Lipinski definition) is 1. The molecule has 122 valence electrons. The van der Waals surface area contributed by atoms with Gasteiger partial charge in [0, 0.05) is 5.39 Å². The quantitative estimate of drug-likeness (QED) is 0.428.